The number of hydrogen-bond acceptors (Lipinski definition) is 5. The van der Waals surface area contributed by atoms with Gasteiger partial charge in [-0.05, 0) is 25.7 Å². The van der Waals surface area contributed by atoms with Crippen LogP contribution in [0.4, 0.5) is 5.13 Å². The number of fused-ring (bicyclic) bond motifs is 1. The van der Waals surface area contributed by atoms with Gasteiger partial charge in [-0.1, -0.05) is 12.8 Å². The molecule has 2 atom stereocenters. The smallest absolute Gasteiger partial charge is 0.234 e. The molecule has 3 aliphatic rings. The molecule has 0 unspecified atom stereocenters. The molecule has 120 valence electrons. The number of piperazine rings is 1. The van der Waals surface area contributed by atoms with Crippen molar-refractivity contribution in [3.05, 3.63) is 11.1 Å². The van der Waals surface area contributed by atoms with Crippen LogP contribution in [0.2, 0.25) is 0 Å². The highest BCUT2D eigenvalue weighted by atomic mass is 32.1. The Balaban J connectivity index is 1.45. The summed E-state index contributed by atoms with van der Waals surface area (Å²) in [5.74, 6) is 0.175. The Morgan fingerprint density at radius 2 is 2.18 bits per heavy atom. The van der Waals surface area contributed by atoms with Gasteiger partial charge in [0.25, 0.3) is 0 Å². The molecule has 0 bridgehead atoms. The molecule has 3 fully saturated rings. The van der Waals surface area contributed by atoms with E-state index >= 15 is 0 Å². The third-order valence-corrected chi connectivity index (χ3v) is 6.17. The number of anilines is 1. The molecule has 2 aliphatic carbocycles. The molecule has 1 aromatic rings. The Morgan fingerprint density at radius 1 is 1.36 bits per heavy atom. The predicted molar refractivity (Wildman–Crippen MR) is 88.1 cm³/mol. The Morgan fingerprint density at radius 3 is 3.00 bits per heavy atom. The molecule has 0 radical (unpaired) electrons. The van der Waals surface area contributed by atoms with Crippen molar-refractivity contribution >= 4 is 22.4 Å². The van der Waals surface area contributed by atoms with Gasteiger partial charge in [0.15, 0.2) is 5.13 Å². The summed E-state index contributed by atoms with van der Waals surface area (Å²) in [4.78, 5) is 21.4. The van der Waals surface area contributed by atoms with Gasteiger partial charge in [-0.25, -0.2) is 4.98 Å². The molecule has 2 heterocycles. The van der Waals surface area contributed by atoms with Crippen molar-refractivity contribution in [1.82, 2.24) is 15.2 Å². The lowest BCUT2D eigenvalue weighted by molar-refractivity contribution is -0.128. The molecular formula is C16H24N4OS. The van der Waals surface area contributed by atoms with Crippen molar-refractivity contribution in [2.75, 3.05) is 18.5 Å². The van der Waals surface area contributed by atoms with Crippen molar-refractivity contribution in [3.63, 3.8) is 0 Å². The average molecular weight is 320 g/mol. The summed E-state index contributed by atoms with van der Waals surface area (Å²) in [5.41, 5.74) is 1.12. The highest BCUT2D eigenvalue weighted by Crippen LogP contribution is 2.33. The summed E-state index contributed by atoms with van der Waals surface area (Å²) >= 11 is 1.73. The van der Waals surface area contributed by atoms with Gasteiger partial charge in [-0.15, -0.1) is 11.3 Å². The second-order valence-electron chi connectivity index (χ2n) is 6.89. The van der Waals surface area contributed by atoms with Crippen molar-refractivity contribution in [1.29, 1.82) is 0 Å². The minimum absolute atomic E-state index is 0.175. The topological polar surface area (TPSA) is 48.5 Å². The third-order valence-electron chi connectivity index (χ3n) is 5.19. The van der Waals surface area contributed by atoms with Gasteiger partial charge in [-0.2, -0.15) is 0 Å². The van der Waals surface area contributed by atoms with Gasteiger partial charge < -0.3 is 10.2 Å². The predicted octanol–water partition coefficient (Wildman–Crippen LogP) is 1.98. The second kappa shape index (κ2) is 5.81. The molecule has 0 spiro atoms. The number of carbonyl (C=O) groups is 1. The molecule has 4 rings (SSSR count). The summed E-state index contributed by atoms with van der Waals surface area (Å²) in [6.45, 7) is 1.33. The first-order valence-electron chi connectivity index (χ1n) is 8.41. The van der Waals surface area contributed by atoms with E-state index in [1.165, 1.54) is 32.1 Å². The van der Waals surface area contributed by atoms with E-state index in [-0.39, 0.29) is 5.91 Å². The van der Waals surface area contributed by atoms with E-state index in [9.17, 15) is 4.79 Å². The standard InChI is InChI=1S/C16H24N4OS/c1-19(12-6-7-12)16-17-11(10-22-16)8-20-9-15(21)18-13-4-2-3-5-14(13)20/h10,12-14H,2-9H2,1H3,(H,18,21)/t13-,14-/m1/s1. The molecule has 5 nitrogen and oxygen atoms in total. The van der Waals surface area contributed by atoms with Gasteiger partial charge in [0.1, 0.15) is 0 Å². The highest BCUT2D eigenvalue weighted by molar-refractivity contribution is 7.13. The van der Waals surface area contributed by atoms with Crippen LogP contribution in [0.15, 0.2) is 5.38 Å². The molecule has 1 saturated heterocycles. The Bertz CT molecular complexity index is 556. The highest BCUT2D eigenvalue weighted by Gasteiger charge is 2.36. The van der Waals surface area contributed by atoms with Crippen LogP contribution < -0.4 is 10.2 Å². The molecule has 6 heteroatoms. The van der Waals surface area contributed by atoms with E-state index in [1.807, 2.05) is 0 Å². The maximum Gasteiger partial charge on any atom is 0.234 e. The largest absolute Gasteiger partial charge is 0.351 e. The van der Waals surface area contributed by atoms with Crippen molar-refractivity contribution < 1.29 is 4.79 Å². The van der Waals surface area contributed by atoms with Gasteiger partial charge in [0, 0.05) is 37.1 Å². The zero-order valence-corrected chi connectivity index (χ0v) is 13.9. The molecule has 1 amide bonds. The van der Waals surface area contributed by atoms with Crippen molar-refractivity contribution in [2.45, 2.75) is 63.2 Å². The lowest BCUT2D eigenvalue weighted by Gasteiger charge is -2.43. The maximum atomic E-state index is 12.0. The maximum absolute atomic E-state index is 12.0. The van der Waals surface area contributed by atoms with Gasteiger partial charge in [0.05, 0.1) is 12.2 Å². The number of amides is 1. The summed E-state index contributed by atoms with van der Waals surface area (Å²) in [5, 5.41) is 6.46. The quantitative estimate of drug-likeness (QED) is 0.922. The number of nitrogens with zero attached hydrogens (tertiary/aromatic N) is 3. The lowest BCUT2D eigenvalue weighted by atomic mass is 9.87. The zero-order chi connectivity index (χ0) is 15.1. The van der Waals surface area contributed by atoms with Crippen LogP contribution in [0.25, 0.3) is 0 Å². The van der Waals surface area contributed by atoms with Crippen molar-refractivity contribution in [3.8, 4) is 0 Å². The Labute approximate surface area is 135 Å². The average Bonchev–Trinajstić information content (AvgIpc) is 3.26. The SMILES string of the molecule is CN(c1nc(CN2CC(=O)N[C@@H]3CCCC[C@H]32)cs1)C1CC1. The number of hydrogen-bond donors (Lipinski definition) is 1. The fourth-order valence-electron chi connectivity index (χ4n) is 3.80. The summed E-state index contributed by atoms with van der Waals surface area (Å²) in [7, 11) is 2.14. The zero-order valence-electron chi connectivity index (χ0n) is 13.1. The van der Waals surface area contributed by atoms with E-state index in [4.69, 9.17) is 4.98 Å². The molecule has 0 aromatic carbocycles. The van der Waals surface area contributed by atoms with Crippen molar-refractivity contribution in [2.24, 2.45) is 0 Å². The van der Waals surface area contributed by atoms with Crippen LogP contribution in [0.3, 0.4) is 0 Å². The first-order chi connectivity index (χ1) is 10.7. The third kappa shape index (κ3) is 2.86. The van der Waals surface area contributed by atoms with Gasteiger partial charge >= 0.3 is 0 Å². The van der Waals surface area contributed by atoms with Gasteiger partial charge in [0.2, 0.25) is 5.91 Å². The van der Waals surface area contributed by atoms with Crippen LogP contribution >= 0.6 is 11.3 Å². The van der Waals surface area contributed by atoms with Gasteiger partial charge in [-0.3, -0.25) is 9.69 Å². The fourth-order valence-corrected chi connectivity index (χ4v) is 4.65. The van der Waals surface area contributed by atoms with E-state index in [0.29, 0.717) is 24.7 Å². The van der Waals surface area contributed by atoms with Crippen LogP contribution in [0.5, 0.6) is 0 Å². The molecule has 1 aliphatic heterocycles. The lowest BCUT2D eigenvalue weighted by Crippen LogP contribution is -2.61. The first-order valence-corrected chi connectivity index (χ1v) is 9.29. The number of nitrogens with one attached hydrogen (secondary N) is 1. The van der Waals surface area contributed by atoms with Crippen LogP contribution in [-0.2, 0) is 11.3 Å². The number of rotatable bonds is 4. The number of aromatic nitrogens is 1. The normalized spacial score (nSPS) is 29.0. The molecule has 1 aromatic heterocycles. The molecular weight excluding hydrogens is 296 g/mol. The minimum Gasteiger partial charge on any atom is -0.351 e. The summed E-state index contributed by atoms with van der Waals surface area (Å²) < 4.78 is 0. The Hall–Kier alpha value is -1.14. The number of thiazole rings is 1. The van der Waals surface area contributed by atoms with Crippen LogP contribution in [0.1, 0.15) is 44.2 Å². The van der Waals surface area contributed by atoms with E-state index in [2.05, 4.69) is 27.5 Å². The van der Waals surface area contributed by atoms with Crippen LogP contribution in [-0.4, -0.2) is 47.5 Å². The van der Waals surface area contributed by atoms with E-state index < -0.39 is 0 Å². The molecule has 22 heavy (non-hydrogen) atoms. The Kier molecular flexibility index (Phi) is 3.82. The fraction of sp³-hybridized carbons (Fsp3) is 0.750. The monoisotopic (exact) mass is 320 g/mol. The molecule has 1 N–H and O–H groups in total. The summed E-state index contributed by atoms with van der Waals surface area (Å²) in [6, 6.07) is 1.54. The number of carbonyl (C=O) groups excluding carboxylic acids is 1. The minimum atomic E-state index is 0.175. The van der Waals surface area contributed by atoms with E-state index in [0.717, 1.165) is 23.8 Å². The summed E-state index contributed by atoms with van der Waals surface area (Å²) in [6.07, 6.45) is 7.43. The second-order valence-corrected chi connectivity index (χ2v) is 7.73. The van der Waals surface area contributed by atoms with E-state index in [1.54, 1.807) is 11.3 Å². The van der Waals surface area contributed by atoms with Crippen LogP contribution in [0, 0.1) is 0 Å². The molecule has 2 saturated carbocycles. The first kappa shape index (κ1) is 14.5.